The van der Waals surface area contributed by atoms with E-state index in [1.54, 1.807) is 43.3 Å². The van der Waals surface area contributed by atoms with Gasteiger partial charge in [0.25, 0.3) is 5.56 Å². The van der Waals surface area contributed by atoms with Gasteiger partial charge in [0.15, 0.2) is 16.3 Å². The molecule has 0 amide bonds. The lowest BCUT2D eigenvalue weighted by molar-refractivity contribution is -0.136. The summed E-state index contributed by atoms with van der Waals surface area (Å²) in [5.41, 5.74) is 1.61. The molecule has 0 fully saturated rings. The molecule has 2 aromatic carbocycles. The van der Waals surface area contributed by atoms with E-state index in [1.807, 2.05) is 6.92 Å². The first-order valence-electron chi connectivity index (χ1n) is 11.1. The number of nitrogens with zero attached hydrogens (tertiary/aromatic N) is 2. The van der Waals surface area contributed by atoms with Crippen LogP contribution in [0.3, 0.4) is 0 Å². The summed E-state index contributed by atoms with van der Waals surface area (Å²) < 4.78 is 31.9. The van der Waals surface area contributed by atoms with E-state index >= 15 is 0 Å². The molecule has 0 aliphatic carbocycles. The maximum absolute atomic E-state index is 13.7. The second-order valence-corrected chi connectivity index (χ2v) is 8.86. The number of fused-ring (bicyclic) bond motifs is 1. The van der Waals surface area contributed by atoms with Crippen molar-refractivity contribution < 1.29 is 23.4 Å². The van der Waals surface area contributed by atoms with Crippen molar-refractivity contribution in [2.75, 3.05) is 20.8 Å². The molecule has 2 heterocycles. The highest BCUT2D eigenvalue weighted by molar-refractivity contribution is 7.07. The first-order valence-corrected chi connectivity index (χ1v) is 11.9. The van der Waals surface area contributed by atoms with Crippen LogP contribution in [0.4, 0.5) is 4.39 Å². The molecule has 9 heteroatoms. The number of carbonyl (C=O) groups excluding carboxylic acids is 1. The first-order chi connectivity index (χ1) is 16.9. The number of thiazole rings is 1. The zero-order valence-corrected chi connectivity index (χ0v) is 20.6. The Balaban J connectivity index is 2.00. The van der Waals surface area contributed by atoms with Gasteiger partial charge in [-0.25, -0.2) is 14.2 Å². The molecular formula is C26H25FN2O5S. The highest BCUT2D eigenvalue weighted by Gasteiger charge is 2.35. The van der Waals surface area contributed by atoms with E-state index in [-0.39, 0.29) is 16.9 Å². The van der Waals surface area contributed by atoms with Crippen LogP contribution in [0.2, 0.25) is 0 Å². The minimum atomic E-state index is -0.837. The molecule has 0 saturated heterocycles. The van der Waals surface area contributed by atoms with Gasteiger partial charge >= 0.3 is 5.97 Å². The average Bonchev–Trinajstić information content (AvgIpc) is 3.16. The van der Waals surface area contributed by atoms with Gasteiger partial charge in [0, 0.05) is 5.56 Å². The normalized spacial score (nSPS) is 15.5. The molecule has 3 aromatic rings. The number of hydrogen-bond donors (Lipinski definition) is 0. The smallest absolute Gasteiger partial charge is 0.338 e. The van der Waals surface area contributed by atoms with E-state index in [1.165, 1.54) is 42.3 Å². The van der Waals surface area contributed by atoms with Gasteiger partial charge in [-0.1, -0.05) is 42.5 Å². The molecule has 7 nitrogen and oxygen atoms in total. The molecule has 1 atom stereocenters. The predicted octanol–water partition coefficient (Wildman–Crippen LogP) is 3.34. The van der Waals surface area contributed by atoms with Crippen LogP contribution >= 0.6 is 11.3 Å². The summed E-state index contributed by atoms with van der Waals surface area (Å²) in [7, 11) is 2.83. The monoisotopic (exact) mass is 496 g/mol. The topological polar surface area (TPSA) is 79.1 Å². The molecule has 1 aliphatic rings. The van der Waals surface area contributed by atoms with Gasteiger partial charge < -0.3 is 14.2 Å². The lowest BCUT2D eigenvalue weighted by Crippen LogP contribution is -2.40. The van der Waals surface area contributed by atoms with Crippen LogP contribution in [0.15, 0.2) is 63.5 Å². The Kier molecular flexibility index (Phi) is 7.16. The summed E-state index contributed by atoms with van der Waals surface area (Å²) in [6, 6.07) is 10.4. The summed E-state index contributed by atoms with van der Waals surface area (Å²) in [5, 5.41) is 0. The standard InChI is InChI=1S/C26H25FN2O5S/c1-5-13-34-23-18(7-6-8-19(23)32-3)22-21(25(31)33-4)15(2)28-26-29(22)24(30)20(35-26)14-16-9-11-17(27)12-10-16/h6-12,14,22H,5,13H2,1-4H3/b20-14+/t22-/m1/s1. The third-order valence-corrected chi connectivity index (χ3v) is 6.55. The van der Waals surface area contributed by atoms with E-state index in [2.05, 4.69) is 4.99 Å². The number of hydrogen-bond acceptors (Lipinski definition) is 7. The summed E-state index contributed by atoms with van der Waals surface area (Å²) >= 11 is 1.19. The van der Waals surface area contributed by atoms with Crippen LogP contribution in [-0.4, -0.2) is 31.4 Å². The van der Waals surface area contributed by atoms with Crippen LogP contribution in [0.1, 0.15) is 37.4 Å². The Hall–Kier alpha value is -3.72. The molecule has 35 heavy (non-hydrogen) atoms. The number of aromatic nitrogens is 1. The van der Waals surface area contributed by atoms with Gasteiger partial charge in [-0.2, -0.15) is 0 Å². The Morgan fingerprint density at radius 1 is 1.20 bits per heavy atom. The quantitative estimate of drug-likeness (QED) is 0.469. The van der Waals surface area contributed by atoms with Crippen molar-refractivity contribution in [3.63, 3.8) is 0 Å². The summed E-state index contributed by atoms with van der Waals surface area (Å²) in [6.07, 6.45) is 2.44. The molecule has 0 bridgehead atoms. The van der Waals surface area contributed by atoms with Gasteiger partial charge in [0.1, 0.15) is 11.9 Å². The van der Waals surface area contributed by atoms with E-state index < -0.39 is 12.0 Å². The van der Waals surface area contributed by atoms with E-state index in [0.29, 0.717) is 44.3 Å². The molecule has 4 rings (SSSR count). The highest BCUT2D eigenvalue weighted by atomic mass is 32.1. The molecule has 0 spiro atoms. The number of benzene rings is 2. The van der Waals surface area contributed by atoms with Gasteiger partial charge in [-0.3, -0.25) is 9.36 Å². The minimum Gasteiger partial charge on any atom is -0.493 e. The third-order valence-electron chi connectivity index (χ3n) is 5.57. The second kappa shape index (κ2) is 10.3. The SMILES string of the molecule is CCCOc1c(OC)cccc1[C@@H]1C(C(=O)OC)=C(C)N=c2s/c(=C/c3ccc(F)cc3)c(=O)n21. The number of rotatable bonds is 7. The molecule has 0 saturated carbocycles. The van der Waals surface area contributed by atoms with Gasteiger partial charge in [-0.05, 0) is 43.2 Å². The van der Waals surface area contributed by atoms with Crippen molar-refractivity contribution in [1.82, 2.24) is 4.57 Å². The maximum Gasteiger partial charge on any atom is 0.338 e. The number of ether oxygens (including phenoxy) is 3. The third kappa shape index (κ3) is 4.64. The number of esters is 1. The Morgan fingerprint density at radius 3 is 2.60 bits per heavy atom. The van der Waals surface area contributed by atoms with Crippen molar-refractivity contribution in [2.24, 2.45) is 4.99 Å². The van der Waals surface area contributed by atoms with Crippen LogP contribution < -0.4 is 24.4 Å². The van der Waals surface area contributed by atoms with Crippen molar-refractivity contribution in [3.05, 3.63) is 90.4 Å². The largest absolute Gasteiger partial charge is 0.493 e. The van der Waals surface area contributed by atoms with Crippen LogP contribution in [0, 0.1) is 5.82 Å². The second-order valence-electron chi connectivity index (χ2n) is 7.85. The number of halogens is 1. The maximum atomic E-state index is 13.7. The zero-order valence-electron chi connectivity index (χ0n) is 19.8. The Bertz CT molecular complexity index is 1470. The Morgan fingerprint density at radius 2 is 1.94 bits per heavy atom. The molecule has 0 N–H and O–H groups in total. The summed E-state index contributed by atoms with van der Waals surface area (Å²) in [5.74, 6) is -0.0118. The van der Waals surface area contributed by atoms with E-state index in [9.17, 15) is 14.0 Å². The van der Waals surface area contributed by atoms with Crippen LogP contribution in [0.5, 0.6) is 11.5 Å². The van der Waals surface area contributed by atoms with Crippen LogP contribution in [0.25, 0.3) is 6.08 Å². The predicted molar refractivity (Wildman–Crippen MR) is 131 cm³/mol. The number of allylic oxidation sites excluding steroid dienone is 1. The minimum absolute atomic E-state index is 0.239. The lowest BCUT2D eigenvalue weighted by Gasteiger charge is -2.26. The number of carbonyl (C=O) groups is 1. The zero-order chi connectivity index (χ0) is 25.1. The summed E-state index contributed by atoms with van der Waals surface area (Å²) in [4.78, 5) is 31.6. The average molecular weight is 497 g/mol. The molecule has 182 valence electrons. The van der Waals surface area contributed by atoms with Crippen LogP contribution in [-0.2, 0) is 9.53 Å². The number of para-hydroxylation sites is 1. The Labute approximate surface area is 205 Å². The molecule has 1 aromatic heterocycles. The fourth-order valence-electron chi connectivity index (χ4n) is 3.96. The molecule has 1 aliphatic heterocycles. The van der Waals surface area contributed by atoms with Gasteiger partial charge in [0.2, 0.25) is 0 Å². The fourth-order valence-corrected chi connectivity index (χ4v) is 5.01. The van der Waals surface area contributed by atoms with Crippen molar-refractivity contribution in [3.8, 4) is 11.5 Å². The first kappa shape index (κ1) is 24.4. The highest BCUT2D eigenvalue weighted by Crippen LogP contribution is 2.40. The van der Waals surface area contributed by atoms with Gasteiger partial charge in [0.05, 0.1) is 36.6 Å². The fraction of sp³-hybridized carbons (Fsp3) is 0.269. The summed E-state index contributed by atoms with van der Waals surface area (Å²) in [6.45, 7) is 4.12. The van der Waals surface area contributed by atoms with Gasteiger partial charge in [-0.15, -0.1) is 0 Å². The molecule has 0 unspecified atom stereocenters. The number of methoxy groups -OCH3 is 2. The lowest BCUT2D eigenvalue weighted by atomic mass is 9.94. The van der Waals surface area contributed by atoms with E-state index in [4.69, 9.17) is 14.2 Å². The molecule has 0 radical (unpaired) electrons. The van der Waals surface area contributed by atoms with Crippen molar-refractivity contribution in [1.29, 1.82) is 0 Å². The van der Waals surface area contributed by atoms with Crippen molar-refractivity contribution >= 4 is 23.4 Å². The van der Waals surface area contributed by atoms with E-state index in [0.717, 1.165) is 6.42 Å². The molecular weight excluding hydrogens is 471 g/mol. The van der Waals surface area contributed by atoms with Crippen molar-refractivity contribution in [2.45, 2.75) is 26.3 Å².